The van der Waals surface area contributed by atoms with Crippen molar-refractivity contribution in [1.82, 2.24) is 29.7 Å². The predicted molar refractivity (Wildman–Crippen MR) is 184 cm³/mol. The van der Waals surface area contributed by atoms with Crippen LogP contribution in [0, 0.1) is 18.2 Å². The fourth-order valence-electron chi connectivity index (χ4n) is 4.84. The zero-order valence-electron chi connectivity index (χ0n) is 27.7. The van der Waals surface area contributed by atoms with Gasteiger partial charge in [0.2, 0.25) is 6.41 Å². The highest BCUT2D eigenvalue weighted by molar-refractivity contribution is 6.16. The monoisotopic (exact) mass is 655 g/mol. The number of nitrogens with one attached hydrogen (secondary N) is 2. The molecule has 3 heterocycles. The molecule has 1 aliphatic heterocycles. The molecule has 0 spiro atoms. The van der Waals surface area contributed by atoms with Crippen LogP contribution in [0.1, 0.15) is 42.3 Å². The number of hydrogen-bond donors (Lipinski definition) is 3. The molecular weight excluding hydrogens is 613 g/mol. The van der Waals surface area contributed by atoms with E-state index in [-0.39, 0.29) is 29.9 Å². The summed E-state index contributed by atoms with van der Waals surface area (Å²) < 4.78 is 25.8. The van der Waals surface area contributed by atoms with Crippen LogP contribution in [0.15, 0.2) is 73.3 Å². The summed E-state index contributed by atoms with van der Waals surface area (Å²) in [6, 6.07) is 10.9. The first kappa shape index (κ1) is 35.4. The standard InChI is InChI=1S/C29H29FN8O3.C6H13N/c1-18-33-12-19(13-34-18)15-40-24-9-21(30)10-25(11-24)41-23-6-4-20(5-7-23)27(31)26-28(32)36-16-37-29(26)35-14-22-3-2-8-38(22)17-39;1-4-5-6-7(2)3/h4-7,9-13,16-17,22,31H,2-3,8,14-15H2,1H3,(H3,32,35,36,37);4-5H,6H2,1-3H3/b;5-4+. The number of ether oxygens (including phenoxy) is 2. The number of allylic oxidation sites excluding steroid dienone is 1. The quantitative estimate of drug-likeness (QED) is 0.0989. The van der Waals surface area contributed by atoms with Crippen molar-refractivity contribution in [3.05, 3.63) is 102 Å². The van der Waals surface area contributed by atoms with Gasteiger partial charge >= 0.3 is 0 Å². The maximum atomic E-state index is 14.3. The summed E-state index contributed by atoms with van der Waals surface area (Å²) in [7, 11) is 4.11. The molecule has 1 unspecified atom stereocenters. The molecule has 252 valence electrons. The van der Waals surface area contributed by atoms with E-state index in [0.29, 0.717) is 40.8 Å². The lowest BCUT2D eigenvalue weighted by atomic mass is 10.0. The maximum Gasteiger partial charge on any atom is 0.210 e. The van der Waals surface area contributed by atoms with Gasteiger partial charge in [-0.15, -0.1) is 0 Å². The summed E-state index contributed by atoms with van der Waals surface area (Å²) in [5.41, 5.74) is 7.94. The first-order chi connectivity index (χ1) is 23.2. The zero-order chi connectivity index (χ0) is 34.5. The lowest BCUT2D eigenvalue weighted by Gasteiger charge is -2.21. The number of nitrogens with zero attached hydrogens (tertiary/aromatic N) is 6. The first-order valence-electron chi connectivity index (χ1n) is 15.6. The maximum absolute atomic E-state index is 14.3. The minimum Gasteiger partial charge on any atom is -0.489 e. The number of rotatable bonds is 13. The van der Waals surface area contributed by atoms with Crippen molar-refractivity contribution < 1.29 is 18.7 Å². The molecule has 2 aromatic heterocycles. The highest BCUT2D eigenvalue weighted by Crippen LogP contribution is 2.29. The van der Waals surface area contributed by atoms with Crippen LogP contribution >= 0.6 is 0 Å². The Morgan fingerprint density at radius 3 is 2.50 bits per heavy atom. The Bertz CT molecular complexity index is 1680. The van der Waals surface area contributed by atoms with Crippen LogP contribution in [-0.2, 0) is 11.4 Å². The van der Waals surface area contributed by atoms with Gasteiger partial charge in [-0.1, -0.05) is 12.2 Å². The average molecular weight is 656 g/mol. The number of amides is 1. The van der Waals surface area contributed by atoms with E-state index in [0.717, 1.165) is 37.9 Å². The van der Waals surface area contributed by atoms with E-state index >= 15 is 0 Å². The van der Waals surface area contributed by atoms with Crippen molar-refractivity contribution >= 4 is 23.8 Å². The van der Waals surface area contributed by atoms with Crippen molar-refractivity contribution in [3.8, 4) is 17.2 Å². The molecule has 5 rings (SSSR count). The van der Waals surface area contributed by atoms with Gasteiger partial charge in [0.1, 0.15) is 53.5 Å². The van der Waals surface area contributed by atoms with E-state index in [1.165, 1.54) is 18.5 Å². The normalized spacial score (nSPS) is 14.0. The van der Waals surface area contributed by atoms with Crippen LogP contribution in [-0.4, -0.2) is 81.6 Å². The van der Waals surface area contributed by atoms with Gasteiger partial charge in [-0.05, 0) is 65.0 Å². The third-order valence-electron chi connectivity index (χ3n) is 7.36. The third kappa shape index (κ3) is 10.3. The van der Waals surface area contributed by atoms with Gasteiger partial charge in [-0.25, -0.2) is 24.3 Å². The summed E-state index contributed by atoms with van der Waals surface area (Å²) in [6.45, 7) is 6.27. The number of anilines is 2. The molecule has 1 saturated heterocycles. The number of benzene rings is 2. The summed E-state index contributed by atoms with van der Waals surface area (Å²) in [4.78, 5) is 31.8. The fraction of sp³-hybridized carbons (Fsp3) is 0.314. The molecule has 13 heteroatoms. The number of aryl methyl sites for hydroxylation is 1. The van der Waals surface area contributed by atoms with Gasteiger partial charge in [0, 0.05) is 67.4 Å². The molecule has 48 heavy (non-hydrogen) atoms. The number of hydrogen-bond acceptors (Lipinski definition) is 11. The molecule has 0 radical (unpaired) electrons. The van der Waals surface area contributed by atoms with E-state index in [2.05, 4.69) is 56.4 Å². The number of nitrogens with two attached hydrogens (primary N) is 1. The molecule has 4 N–H and O–H groups in total. The van der Waals surface area contributed by atoms with Crippen LogP contribution in [0.5, 0.6) is 17.2 Å². The fourth-order valence-corrected chi connectivity index (χ4v) is 4.84. The number of likely N-dealkylation sites (tertiary alicyclic amines) is 1. The zero-order valence-corrected chi connectivity index (χ0v) is 27.7. The number of aromatic nitrogens is 4. The van der Waals surface area contributed by atoms with Crippen LogP contribution in [0.3, 0.4) is 0 Å². The van der Waals surface area contributed by atoms with Gasteiger partial charge < -0.3 is 30.3 Å². The SMILES string of the molecule is C/C=C/CN(C)C.Cc1ncc(COc2cc(F)cc(Oc3ccc(C(=N)c4c(N)ncnc4NCC4CCCN4C=O)cc3)c2)cn1. The lowest BCUT2D eigenvalue weighted by Crippen LogP contribution is -2.34. The van der Waals surface area contributed by atoms with E-state index in [9.17, 15) is 9.18 Å². The molecule has 0 saturated carbocycles. The largest absolute Gasteiger partial charge is 0.489 e. The van der Waals surface area contributed by atoms with Crippen molar-refractivity contribution in [2.45, 2.75) is 39.3 Å². The van der Waals surface area contributed by atoms with Crippen LogP contribution in [0.2, 0.25) is 0 Å². The Hall–Kier alpha value is -5.43. The second-order valence-corrected chi connectivity index (χ2v) is 11.4. The number of carbonyl (C=O) groups excluding carboxylic acids is 1. The Morgan fingerprint density at radius 2 is 1.83 bits per heavy atom. The summed E-state index contributed by atoms with van der Waals surface area (Å²) in [6.07, 6.45) is 11.5. The smallest absolute Gasteiger partial charge is 0.210 e. The average Bonchev–Trinajstić information content (AvgIpc) is 3.54. The van der Waals surface area contributed by atoms with E-state index in [4.69, 9.17) is 20.6 Å². The van der Waals surface area contributed by atoms with Gasteiger partial charge in [-0.2, -0.15) is 0 Å². The van der Waals surface area contributed by atoms with Crippen LogP contribution in [0.25, 0.3) is 0 Å². The Morgan fingerprint density at radius 1 is 1.10 bits per heavy atom. The Kier molecular flexibility index (Phi) is 12.9. The molecular formula is C35H42FN9O3. The molecule has 2 aromatic carbocycles. The highest BCUT2D eigenvalue weighted by Gasteiger charge is 2.24. The van der Waals surface area contributed by atoms with Crippen molar-refractivity contribution in [2.75, 3.05) is 44.8 Å². The van der Waals surface area contributed by atoms with Gasteiger partial charge in [0.05, 0.1) is 11.3 Å². The van der Waals surface area contributed by atoms with Gasteiger partial charge in [0.25, 0.3) is 0 Å². The minimum absolute atomic E-state index is 0.0486. The Balaban J connectivity index is 0.000000671. The number of likely N-dealkylation sites (N-methyl/N-ethyl adjacent to an activating group) is 1. The molecule has 12 nitrogen and oxygen atoms in total. The lowest BCUT2D eigenvalue weighted by molar-refractivity contribution is -0.118. The van der Waals surface area contributed by atoms with Crippen LogP contribution in [0.4, 0.5) is 16.0 Å². The molecule has 1 atom stereocenters. The number of halogens is 1. The molecule has 1 amide bonds. The van der Waals surface area contributed by atoms with E-state index in [1.807, 2.05) is 6.92 Å². The molecule has 1 fully saturated rings. The third-order valence-corrected chi connectivity index (χ3v) is 7.36. The number of carbonyl (C=O) groups is 1. The minimum atomic E-state index is -0.510. The summed E-state index contributed by atoms with van der Waals surface area (Å²) in [5.74, 6) is 1.72. The van der Waals surface area contributed by atoms with E-state index in [1.54, 1.807) is 54.5 Å². The molecule has 4 aromatic rings. The van der Waals surface area contributed by atoms with E-state index < -0.39 is 5.82 Å². The summed E-state index contributed by atoms with van der Waals surface area (Å²) in [5, 5.41) is 12.0. The van der Waals surface area contributed by atoms with Gasteiger partial charge in [0.15, 0.2) is 0 Å². The molecule has 0 aliphatic carbocycles. The second-order valence-electron chi connectivity index (χ2n) is 11.4. The molecule has 1 aliphatic rings. The van der Waals surface area contributed by atoms with Crippen molar-refractivity contribution in [1.29, 1.82) is 5.41 Å². The summed E-state index contributed by atoms with van der Waals surface area (Å²) >= 11 is 0. The van der Waals surface area contributed by atoms with Crippen molar-refractivity contribution in [2.24, 2.45) is 0 Å². The van der Waals surface area contributed by atoms with Crippen LogP contribution < -0.4 is 20.5 Å². The second kappa shape index (κ2) is 17.5. The Labute approximate surface area is 280 Å². The van der Waals surface area contributed by atoms with Crippen molar-refractivity contribution in [3.63, 3.8) is 0 Å². The van der Waals surface area contributed by atoms with Gasteiger partial charge in [-0.3, -0.25) is 10.2 Å². The topological polar surface area (TPSA) is 155 Å². The first-order valence-corrected chi connectivity index (χ1v) is 15.6. The predicted octanol–water partition coefficient (Wildman–Crippen LogP) is 5.24. The molecule has 0 bridgehead atoms. The number of nitrogen functional groups attached to an aromatic ring is 1. The highest BCUT2D eigenvalue weighted by atomic mass is 19.1.